The first-order valence-corrected chi connectivity index (χ1v) is 16.7. The minimum atomic E-state index is 0.898. The maximum Gasteiger partial charge on any atom is -0.0228 e. The fourth-order valence-electron chi connectivity index (χ4n) is 6.17. The van der Waals surface area contributed by atoms with Gasteiger partial charge in [0.2, 0.25) is 0 Å². The molecule has 1 aliphatic rings. The molecule has 0 aromatic rings. The topological polar surface area (TPSA) is 0 Å². The van der Waals surface area contributed by atoms with E-state index >= 15 is 0 Å². The van der Waals surface area contributed by atoms with Crippen LogP contribution >= 0.6 is 0 Å². The third kappa shape index (κ3) is 19.5. The van der Waals surface area contributed by atoms with Gasteiger partial charge in [0.05, 0.1) is 0 Å². The van der Waals surface area contributed by atoms with Crippen molar-refractivity contribution in [3.63, 3.8) is 0 Å². The lowest BCUT2D eigenvalue weighted by atomic mass is 9.72. The van der Waals surface area contributed by atoms with Gasteiger partial charge in [0, 0.05) is 0 Å². The Labute approximate surface area is 223 Å². The van der Waals surface area contributed by atoms with Crippen LogP contribution in [-0.4, -0.2) is 0 Å². The van der Waals surface area contributed by atoms with E-state index < -0.39 is 0 Å². The van der Waals surface area contributed by atoms with E-state index in [1.165, 1.54) is 148 Å². The molecule has 0 saturated heterocycles. The average Bonchev–Trinajstić information content (AvgIpc) is 2.82. The minimum absolute atomic E-state index is 0.898. The van der Waals surface area contributed by atoms with E-state index in [1.54, 1.807) is 0 Å². The zero-order chi connectivity index (χ0) is 25.6. The Morgan fingerprint density at radius 1 is 0.571 bits per heavy atom. The third-order valence-electron chi connectivity index (χ3n) is 9.19. The largest absolute Gasteiger partial charge is 0.0882 e. The fraction of sp³-hybridized carbons (Fsp3) is 0.943. The van der Waals surface area contributed by atoms with Gasteiger partial charge in [-0.25, -0.2) is 0 Å². The zero-order valence-electron chi connectivity index (χ0n) is 25.3. The summed E-state index contributed by atoms with van der Waals surface area (Å²) in [7, 11) is 0. The molecule has 35 heavy (non-hydrogen) atoms. The maximum atomic E-state index is 2.54. The molecule has 0 nitrogen and oxygen atoms in total. The molecule has 1 rings (SSSR count). The number of rotatable bonds is 25. The van der Waals surface area contributed by atoms with Crippen molar-refractivity contribution < 1.29 is 0 Å². The molecule has 1 saturated carbocycles. The van der Waals surface area contributed by atoms with Crippen LogP contribution in [0.1, 0.15) is 182 Å². The van der Waals surface area contributed by atoms with Crippen LogP contribution in [0.2, 0.25) is 0 Å². The molecule has 0 aromatic heterocycles. The average molecular weight is 489 g/mol. The van der Waals surface area contributed by atoms with E-state index in [4.69, 9.17) is 0 Å². The summed E-state index contributed by atoms with van der Waals surface area (Å²) in [5, 5.41) is 0. The summed E-state index contributed by atoms with van der Waals surface area (Å²) < 4.78 is 0. The highest BCUT2D eigenvalue weighted by atomic mass is 14.3. The van der Waals surface area contributed by atoms with Crippen LogP contribution in [-0.2, 0) is 0 Å². The van der Waals surface area contributed by atoms with E-state index in [2.05, 4.69) is 46.8 Å². The molecule has 0 bridgehead atoms. The van der Waals surface area contributed by atoms with Gasteiger partial charge in [-0.1, -0.05) is 169 Å². The second kappa shape index (κ2) is 22.9. The van der Waals surface area contributed by atoms with E-state index in [1.807, 2.05) is 0 Å². The normalized spacial score (nSPS) is 20.7. The van der Waals surface area contributed by atoms with Gasteiger partial charge in [-0.2, -0.15) is 0 Å². The van der Waals surface area contributed by atoms with E-state index in [-0.39, 0.29) is 0 Å². The number of allylic oxidation sites excluding steroid dienone is 2. The summed E-state index contributed by atoms with van der Waals surface area (Å²) in [5.74, 6) is 4.77. The zero-order valence-corrected chi connectivity index (χ0v) is 25.3. The SMILES string of the molecule is CCCC(C)CCCCCCCCCCCCCC(C)CCCC1CC(C=CCCC(C)CC)C1. The molecule has 0 amide bonds. The van der Waals surface area contributed by atoms with Crippen molar-refractivity contribution in [1.29, 1.82) is 0 Å². The number of unbranched alkanes of at least 4 members (excludes halogenated alkanes) is 10. The smallest absolute Gasteiger partial charge is 0.0228 e. The van der Waals surface area contributed by atoms with Crippen LogP contribution in [0.4, 0.5) is 0 Å². The summed E-state index contributed by atoms with van der Waals surface area (Å²) >= 11 is 0. The van der Waals surface area contributed by atoms with E-state index in [0.717, 1.165) is 29.6 Å². The lowest BCUT2D eigenvalue weighted by Gasteiger charge is -2.33. The quantitative estimate of drug-likeness (QED) is 0.0885. The summed E-state index contributed by atoms with van der Waals surface area (Å²) in [6, 6.07) is 0. The molecule has 1 aliphatic carbocycles. The first-order valence-electron chi connectivity index (χ1n) is 16.7. The van der Waals surface area contributed by atoms with Crippen LogP contribution in [0.5, 0.6) is 0 Å². The first kappa shape index (κ1) is 32.8. The first-order chi connectivity index (χ1) is 17.0. The number of hydrogen-bond donors (Lipinski definition) is 0. The molecule has 0 aromatic carbocycles. The Balaban J connectivity index is 1.78. The molecule has 208 valence electrons. The second-order valence-corrected chi connectivity index (χ2v) is 13.0. The van der Waals surface area contributed by atoms with Gasteiger partial charge >= 0.3 is 0 Å². The predicted molar refractivity (Wildman–Crippen MR) is 161 cm³/mol. The van der Waals surface area contributed by atoms with Crippen LogP contribution in [0.15, 0.2) is 12.2 Å². The molecular formula is C35H68. The van der Waals surface area contributed by atoms with Gasteiger partial charge in [0.25, 0.3) is 0 Å². The summed E-state index contributed by atoms with van der Waals surface area (Å²) in [6.45, 7) is 12.0. The molecule has 1 fully saturated rings. The highest BCUT2D eigenvalue weighted by molar-refractivity contribution is 4.96. The molecule has 0 aliphatic heterocycles. The van der Waals surface area contributed by atoms with Crippen molar-refractivity contribution in [3.8, 4) is 0 Å². The second-order valence-electron chi connectivity index (χ2n) is 13.0. The maximum absolute atomic E-state index is 2.54. The number of hydrogen-bond acceptors (Lipinski definition) is 0. The monoisotopic (exact) mass is 489 g/mol. The van der Waals surface area contributed by atoms with Gasteiger partial charge in [-0.3, -0.25) is 0 Å². The Bertz CT molecular complexity index is 457. The standard InChI is InChI=1S/C35H68/c1-6-22-32(4)24-17-15-13-11-9-8-10-12-14-16-18-25-33(5)26-21-28-35-29-34(30-35)27-20-19-23-31(3)7-2/h20,27,31-35H,6-19,21-26,28-30H2,1-5H3. The summed E-state index contributed by atoms with van der Waals surface area (Å²) in [5.41, 5.74) is 0. The molecule has 0 N–H and O–H groups in total. The van der Waals surface area contributed by atoms with Crippen molar-refractivity contribution in [2.45, 2.75) is 182 Å². The van der Waals surface area contributed by atoms with Crippen molar-refractivity contribution in [2.75, 3.05) is 0 Å². The predicted octanol–water partition coefficient (Wildman–Crippen LogP) is 12.7. The molecule has 0 heterocycles. The molecular weight excluding hydrogens is 420 g/mol. The van der Waals surface area contributed by atoms with Crippen molar-refractivity contribution in [3.05, 3.63) is 12.2 Å². The summed E-state index contributed by atoms with van der Waals surface area (Å²) in [4.78, 5) is 0. The van der Waals surface area contributed by atoms with Crippen LogP contribution in [0, 0.1) is 29.6 Å². The van der Waals surface area contributed by atoms with Crippen molar-refractivity contribution in [2.24, 2.45) is 29.6 Å². The fourth-order valence-corrected chi connectivity index (χ4v) is 6.17. The Kier molecular flexibility index (Phi) is 21.4. The van der Waals surface area contributed by atoms with Crippen molar-refractivity contribution >= 4 is 0 Å². The van der Waals surface area contributed by atoms with Gasteiger partial charge in [-0.05, 0) is 55.3 Å². The summed E-state index contributed by atoms with van der Waals surface area (Å²) in [6.07, 6.45) is 38.4. The van der Waals surface area contributed by atoms with Gasteiger partial charge < -0.3 is 0 Å². The van der Waals surface area contributed by atoms with Gasteiger partial charge in [0.15, 0.2) is 0 Å². The van der Waals surface area contributed by atoms with Gasteiger partial charge in [-0.15, -0.1) is 0 Å². The highest BCUT2D eigenvalue weighted by Crippen LogP contribution is 2.38. The minimum Gasteiger partial charge on any atom is -0.0882 e. The van der Waals surface area contributed by atoms with Crippen LogP contribution in [0.3, 0.4) is 0 Å². The Morgan fingerprint density at radius 2 is 1.06 bits per heavy atom. The Morgan fingerprint density at radius 3 is 1.57 bits per heavy atom. The lowest BCUT2D eigenvalue weighted by Crippen LogP contribution is -2.21. The molecule has 3 atom stereocenters. The van der Waals surface area contributed by atoms with E-state index in [0.29, 0.717) is 0 Å². The molecule has 3 unspecified atom stereocenters. The Hall–Kier alpha value is -0.260. The van der Waals surface area contributed by atoms with Crippen LogP contribution < -0.4 is 0 Å². The van der Waals surface area contributed by atoms with Crippen LogP contribution in [0.25, 0.3) is 0 Å². The van der Waals surface area contributed by atoms with Crippen molar-refractivity contribution in [1.82, 2.24) is 0 Å². The molecule has 0 heteroatoms. The van der Waals surface area contributed by atoms with Gasteiger partial charge in [0.1, 0.15) is 0 Å². The van der Waals surface area contributed by atoms with E-state index in [9.17, 15) is 0 Å². The highest BCUT2D eigenvalue weighted by Gasteiger charge is 2.26. The molecule has 0 spiro atoms. The third-order valence-corrected chi connectivity index (χ3v) is 9.19. The lowest BCUT2D eigenvalue weighted by molar-refractivity contribution is 0.215. The molecule has 0 radical (unpaired) electrons.